The Balaban J connectivity index is 1.10. The highest BCUT2D eigenvalue weighted by Gasteiger charge is 2.23. The predicted octanol–water partition coefficient (Wildman–Crippen LogP) is 6.15. The summed E-state index contributed by atoms with van der Waals surface area (Å²) in [4.78, 5) is 34.6. The Hall–Kier alpha value is -4.55. The Morgan fingerprint density at radius 2 is 1.79 bits per heavy atom. The number of rotatable bonds is 11. The van der Waals surface area contributed by atoms with E-state index in [0.717, 1.165) is 76.8 Å². The number of aryl methyl sites for hydroxylation is 1. The third-order valence-corrected chi connectivity index (χ3v) is 10.9. The van der Waals surface area contributed by atoms with Crippen LogP contribution in [0.2, 0.25) is 10.0 Å². The zero-order valence-corrected chi connectivity index (χ0v) is 31.0. The van der Waals surface area contributed by atoms with Gasteiger partial charge >= 0.3 is 0 Å². The molecule has 52 heavy (non-hydrogen) atoms. The van der Waals surface area contributed by atoms with Gasteiger partial charge in [-0.2, -0.15) is 5.10 Å². The van der Waals surface area contributed by atoms with Crippen LogP contribution in [0.25, 0.3) is 44.5 Å². The molecule has 0 spiro atoms. The number of halogens is 2. The fourth-order valence-corrected chi connectivity index (χ4v) is 7.83. The number of amides is 2. The standard InChI is InChI=1S/C39H42Cl2N8O3/c1-23(50)49-17-14-26(15-18-49)44-22-33-30-10-7-24(19-34(30)48(2)47-33)38-37(41)29(13-16-43-38)28-5-4-6-31(36(28)40)32-11-8-25(39(46-32)52-3)20-42-21-27-9-12-35(51)45-27/h4-8,10-11,13,16,19,26-27,42,44H,9,12,14-15,17-18,20-22H2,1-3H3,(H,45,51)/t27-/m0/s1. The lowest BCUT2D eigenvalue weighted by atomic mass is 9.99. The quantitative estimate of drug-likeness (QED) is 0.147. The van der Waals surface area contributed by atoms with Gasteiger partial charge in [-0.05, 0) is 37.5 Å². The molecule has 0 saturated carbocycles. The van der Waals surface area contributed by atoms with Crippen molar-refractivity contribution >= 4 is 45.9 Å². The van der Waals surface area contributed by atoms with Gasteiger partial charge in [0.25, 0.3) is 0 Å². The highest BCUT2D eigenvalue weighted by molar-refractivity contribution is 6.39. The summed E-state index contributed by atoms with van der Waals surface area (Å²) in [5.74, 6) is 0.744. The molecule has 1 atom stereocenters. The summed E-state index contributed by atoms with van der Waals surface area (Å²) in [6.07, 6.45) is 5.02. The number of nitrogens with zero attached hydrogens (tertiary/aromatic N) is 5. The third kappa shape index (κ3) is 7.50. The van der Waals surface area contributed by atoms with Crippen LogP contribution in [0.4, 0.5) is 0 Å². The van der Waals surface area contributed by atoms with E-state index in [4.69, 9.17) is 38.0 Å². The summed E-state index contributed by atoms with van der Waals surface area (Å²) in [5, 5.41) is 16.9. The molecule has 2 aliphatic heterocycles. The summed E-state index contributed by atoms with van der Waals surface area (Å²) < 4.78 is 7.56. The Labute approximate surface area is 313 Å². The van der Waals surface area contributed by atoms with Crippen LogP contribution in [0.5, 0.6) is 5.88 Å². The molecule has 3 N–H and O–H groups in total. The molecular weight excluding hydrogens is 699 g/mol. The van der Waals surface area contributed by atoms with Crippen molar-refractivity contribution in [1.29, 1.82) is 0 Å². The van der Waals surface area contributed by atoms with Crippen LogP contribution in [-0.2, 0) is 29.7 Å². The monoisotopic (exact) mass is 740 g/mol. The zero-order valence-electron chi connectivity index (χ0n) is 29.5. The molecule has 2 aromatic carbocycles. The first-order valence-corrected chi connectivity index (χ1v) is 18.4. The summed E-state index contributed by atoms with van der Waals surface area (Å²) in [6, 6.07) is 18.3. The number of nitrogens with one attached hydrogen (secondary N) is 3. The van der Waals surface area contributed by atoms with Crippen molar-refractivity contribution in [2.24, 2.45) is 7.05 Å². The number of ether oxygens (including phenoxy) is 1. The number of methoxy groups -OCH3 is 1. The fraction of sp³-hybridized carbons (Fsp3) is 0.359. The normalized spacial score (nSPS) is 16.4. The topological polar surface area (TPSA) is 126 Å². The number of hydrogen-bond acceptors (Lipinski definition) is 8. The van der Waals surface area contributed by atoms with E-state index in [9.17, 15) is 9.59 Å². The largest absolute Gasteiger partial charge is 0.481 e. The van der Waals surface area contributed by atoms with Gasteiger partial charge in [-0.1, -0.05) is 59.6 Å². The van der Waals surface area contributed by atoms with Crippen molar-refractivity contribution in [2.45, 2.75) is 57.8 Å². The SMILES string of the molecule is COc1nc(-c2cccc(-c3ccnc(-c4ccc5c(CNC6CCN(C(C)=O)CC6)nn(C)c5c4)c3Cl)c2Cl)ccc1CNC[C@@H]1CCC(=O)N1. The number of carbonyl (C=O) groups is 2. The van der Waals surface area contributed by atoms with Gasteiger partial charge in [0.2, 0.25) is 17.7 Å². The van der Waals surface area contributed by atoms with Gasteiger partial charge in [0.15, 0.2) is 0 Å². The van der Waals surface area contributed by atoms with E-state index >= 15 is 0 Å². The number of aromatic nitrogens is 4. The Kier molecular flexibility index (Phi) is 10.7. The van der Waals surface area contributed by atoms with Crippen LogP contribution >= 0.6 is 23.2 Å². The smallest absolute Gasteiger partial charge is 0.220 e. The van der Waals surface area contributed by atoms with E-state index < -0.39 is 0 Å². The molecule has 2 amide bonds. The summed E-state index contributed by atoms with van der Waals surface area (Å²) >= 11 is 14.3. The van der Waals surface area contributed by atoms with Crippen LogP contribution in [0, 0.1) is 0 Å². The maximum Gasteiger partial charge on any atom is 0.220 e. The summed E-state index contributed by atoms with van der Waals surface area (Å²) in [6.45, 7) is 5.07. The number of pyridine rings is 2. The second-order valence-electron chi connectivity index (χ2n) is 13.5. The molecule has 2 aliphatic rings. The van der Waals surface area contributed by atoms with E-state index in [1.807, 2.05) is 59.1 Å². The lowest BCUT2D eigenvalue weighted by molar-refractivity contribution is -0.130. The van der Waals surface area contributed by atoms with E-state index in [-0.39, 0.29) is 17.9 Å². The van der Waals surface area contributed by atoms with Gasteiger partial charge in [-0.15, -0.1) is 0 Å². The second-order valence-corrected chi connectivity index (χ2v) is 14.2. The van der Waals surface area contributed by atoms with E-state index in [2.05, 4.69) is 33.1 Å². The predicted molar refractivity (Wildman–Crippen MR) is 204 cm³/mol. The molecule has 5 heterocycles. The van der Waals surface area contributed by atoms with Gasteiger partial charge in [0.05, 0.1) is 39.8 Å². The maximum atomic E-state index is 11.7. The van der Waals surface area contributed by atoms with E-state index in [0.29, 0.717) is 59.4 Å². The molecule has 2 fully saturated rings. The average molecular weight is 742 g/mol. The van der Waals surface area contributed by atoms with Gasteiger partial charge < -0.3 is 25.6 Å². The molecular formula is C39H42Cl2N8O3. The summed E-state index contributed by atoms with van der Waals surface area (Å²) in [7, 11) is 3.55. The van der Waals surface area contributed by atoms with Gasteiger partial charge in [0, 0.05) is 105 Å². The van der Waals surface area contributed by atoms with Crippen LogP contribution < -0.4 is 20.7 Å². The minimum absolute atomic E-state index is 0.100. The Morgan fingerprint density at radius 1 is 1.00 bits per heavy atom. The fourth-order valence-electron chi connectivity index (χ4n) is 7.18. The molecule has 7 rings (SSSR count). The maximum absolute atomic E-state index is 11.7. The van der Waals surface area contributed by atoms with E-state index in [1.54, 1.807) is 20.2 Å². The third-order valence-electron chi connectivity index (χ3n) is 10.1. The van der Waals surface area contributed by atoms with Gasteiger partial charge in [0.1, 0.15) is 0 Å². The highest BCUT2D eigenvalue weighted by atomic mass is 35.5. The van der Waals surface area contributed by atoms with Crippen molar-refractivity contribution in [3.63, 3.8) is 0 Å². The van der Waals surface area contributed by atoms with Crippen molar-refractivity contribution in [3.8, 4) is 39.5 Å². The number of piperidine rings is 1. The number of likely N-dealkylation sites (tertiary alicyclic amines) is 1. The first-order valence-electron chi connectivity index (χ1n) is 17.6. The van der Waals surface area contributed by atoms with Crippen LogP contribution in [0.15, 0.2) is 60.8 Å². The number of hydrogen-bond donors (Lipinski definition) is 3. The van der Waals surface area contributed by atoms with Crippen LogP contribution in [0.1, 0.15) is 43.9 Å². The molecule has 5 aromatic rings. The molecule has 2 saturated heterocycles. The first kappa shape index (κ1) is 35.8. The molecule has 270 valence electrons. The molecule has 0 aliphatic carbocycles. The van der Waals surface area contributed by atoms with Crippen molar-refractivity contribution < 1.29 is 14.3 Å². The zero-order chi connectivity index (χ0) is 36.4. The number of benzene rings is 2. The molecule has 0 unspecified atom stereocenters. The lowest BCUT2D eigenvalue weighted by Crippen LogP contribution is -2.44. The molecule has 3 aromatic heterocycles. The van der Waals surface area contributed by atoms with Gasteiger partial charge in [-0.25, -0.2) is 4.98 Å². The molecule has 13 heteroatoms. The van der Waals surface area contributed by atoms with Crippen molar-refractivity contribution in [3.05, 3.63) is 82.1 Å². The minimum atomic E-state index is 0.100. The molecule has 11 nitrogen and oxygen atoms in total. The highest BCUT2D eigenvalue weighted by Crippen LogP contribution is 2.42. The number of carbonyl (C=O) groups excluding carboxylic acids is 2. The van der Waals surface area contributed by atoms with Gasteiger partial charge in [-0.3, -0.25) is 19.3 Å². The molecule has 0 bridgehead atoms. The summed E-state index contributed by atoms with van der Waals surface area (Å²) in [5.41, 5.74) is 7.33. The minimum Gasteiger partial charge on any atom is -0.481 e. The molecule has 0 radical (unpaired) electrons. The van der Waals surface area contributed by atoms with Crippen LogP contribution in [-0.4, -0.2) is 75.3 Å². The number of fused-ring (bicyclic) bond motifs is 1. The average Bonchev–Trinajstić information content (AvgIpc) is 3.72. The lowest BCUT2D eigenvalue weighted by Gasteiger charge is -2.31. The van der Waals surface area contributed by atoms with E-state index in [1.165, 1.54) is 0 Å². The van der Waals surface area contributed by atoms with Crippen molar-refractivity contribution in [2.75, 3.05) is 26.7 Å². The van der Waals surface area contributed by atoms with Crippen LogP contribution in [0.3, 0.4) is 0 Å². The Bertz CT molecular complexity index is 2130. The first-order chi connectivity index (χ1) is 25.2. The second kappa shape index (κ2) is 15.6. The Morgan fingerprint density at radius 3 is 2.54 bits per heavy atom. The van der Waals surface area contributed by atoms with Crippen molar-refractivity contribution in [1.82, 2.24) is 40.6 Å².